The number of carbonyl (C=O) groups excluding carboxylic acids is 3. The SMILES string of the molecule is CN(C)CCCN(C(=O)c1ccc(N2C(=O)CCC2=O)cc1)c1nc2c(F)cc(F)cc2s1.Cl. The summed E-state index contributed by atoms with van der Waals surface area (Å²) in [5, 5.41) is 0.271. The van der Waals surface area contributed by atoms with Crippen LogP contribution in [0.25, 0.3) is 10.2 Å². The summed E-state index contributed by atoms with van der Waals surface area (Å²) in [6.07, 6.45) is 0.988. The molecule has 1 fully saturated rings. The van der Waals surface area contributed by atoms with Crippen LogP contribution >= 0.6 is 23.7 Å². The van der Waals surface area contributed by atoms with Crippen molar-refractivity contribution >= 4 is 62.5 Å². The second kappa shape index (κ2) is 10.5. The van der Waals surface area contributed by atoms with Gasteiger partial charge in [-0.1, -0.05) is 11.3 Å². The van der Waals surface area contributed by atoms with Crippen LogP contribution in [-0.4, -0.2) is 54.8 Å². The fourth-order valence-corrected chi connectivity index (χ4v) is 4.69. The molecule has 1 aromatic heterocycles. The first-order valence-electron chi connectivity index (χ1n) is 10.4. The van der Waals surface area contributed by atoms with Crippen LogP contribution < -0.4 is 9.80 Å². The van der Waals surface area contributed by atoms with E-state index in [2.05, 4.69) is 4.98 Å². The standard InChI is InChI=1S/C23H22F2N4O3S.ClH/c1-27(2)10-3-11-28(23-26-21-17(25)12-15(24)13-18(21)33-23)22(32)14-4-6-16(7-5-14)29-19(30)8-9-20(29)31;/h4-7,12-13H,3,8-11H2,1-2H3;1H. The zero-order chi connectivity index (χ0) is 23.7. The Labute approximate surface area is 205 Å². The largest absolute Gasteiger partial charge is 0.309 e. The molecule has 7 nitrogen and oxygen atoms in total. The number of thiazole rings is 1. The van der Waals surface area contributed by atoms with Crippen molar-refractivity contribution in [2.24, 2.45) is 0 Å². The van der Waals surface area contributed by atoms with Crippen LogP contribution in [0.1, 0.15) is 29.6 Å². The van der Waals surface area contributed by atoms with Gasteiger partial charge >= 0.3 is 0 Å². The summed E-state index contributed by atoms with van der Waals surface area (Å²) in [5.41, 5.74) is 0.757. The minimum absolute atomic E-state index is 0. The average molecular weight is 509 g/mol. The van der Waals surface area contributed by atoms with Gasteiger partial charge in [0, 0.05) is 31.0 Å². The lowest BCUT2D eigenvalue weighted by Gasteiger charge is -2.21. The highest BCUT2D eigenvalue weighted by Gasteiger charge is 2.30. The van der Waals surface area contributed by atoms with Crippen molar-refractivity contribution in [1.29, 1.82) is 0 Å². The van der Waals surface area contributed by atoms with Crippen LogP contribution in [0.4, 0.5) is 19.6 Å². The Bertz CT molecular complexity index is 1220. The monoisotopic (exact) mass is 508 g/mol. The molecule has 34 heavy (non-hydrogen) atoms. The molecule has 2 heterocycles. The molecule has 180 valence electrons. The van der Waals surface area contributed by atoms with Gasteiger partial charge in [0.15, 0.2) is 10.9 Å². The molecule has 1 saturated heterocycles. The molecule has 3 aromatic rings. The lowest BCUT2D eigenvalue weighted by Crippen LogP contribution is -2.33. The maximum atomic E-state index is 14.2. The number of amides is 3. The second-order valence-corrected chi connectivity index (χ2v) is 9.02. The molecule has 0 bridgehead atoms. The van der Waals surface area contributed by atoms with Gasteiger partial charge in [0.25, 0.3) is 5.91 Å². The molecular formula is C23H23ClF2N4O3S. The molecule has 11 heteroatoms. The highest BCUT2D eigenvalue weighted by Crippen LogP contribution is 2.32. The van der Waals surface area contributed by atoms with Gasteiger partial charge < -0.3 is 4.90 Å². The van der Waals surface area contributed by atoms with Gasteiger partial charge in [-0.15, -0.1) is 12.4 Å². The van der Waals surface area contributed by atoms with Crippen LogP contribution in [0.5, 0.6) is 0 Å². The number of halogens is 3. The molecule has 0 radical (unpaired) electrons. The van der Waals surface area contributed by atoms with Crippen molar-refractivity contribution in [2.45, 2.75) is 19.3 Å². The number of rotatable bonds is 7. The molecule has 2 aromatic carbocycles. The Morgan fingerprint density at radius 2 is 1.71 bits per heavy atom. The molecule has 0 aliphatic carbocycles. The van der Waals surface area contributed by atoms with E-state index in [0.717, 1.165) is 28.8 Å². The first kappa shape index (κ1) is 25.7. The lowest BCUT2D eigenvalue weighted by molar-refractivity contribution is -0.121. The van der Waals surface area contributed by atoms with E-state index in [9.17, 15) is 23.2 Å². The maximum absolute atomic E-state index is 14.2. The Morgan fingerprint density at radius 3 is 2.32 bits per heavy atom. The molecule has 0 N–H and O–H groups in total. The molecule has 4 rings (SSSR count). The van der Waals surface area contributed by atoms with E-state index in [1.807, 2.05) is 19.0 Å². The van der Waals surface area contributed by atoms with Crippen molar-refractivity contribution in [3.63, 3.8) is 0 Å². The minimum Gasteiger partial charge on any atom is -0.309 e. The summed E-state index contributed by atoms with van der Waals surface area (Å²) >= 11 is 1.04. The average Bonchev–Trinajstić information content (AvgIpc) is 3.33. The van der Waals surface area contributed by atoms with Crippen LogP contribution in [0.15, 0.2) is 36.4 Å². The molecule has 0 unspecified atom stereocenters. The summed E-state index contributed by atoms with van der Waals surface area (Å²) in [5.74, 6) is -2.39. The number of imide groups is 1. The van der Waals surface area contributed by atoms with Crippen molar-refractivity contribution in [2.75, 3.05) is 37.0 Å². The van der Waals surface area contributed by atoms with Gasteiger partial charge in [0.1, 0.15) is 11.3 Å². The molecule has 0 saturated carbocycles. The minimum atomic E-state index is -0.780. The summed E-state index contributed by atoms with van der Waals surface area (Å²) in [7, 11) is 3.84. The van der Waals surface area contributed by atoms with Crippen LogP contribution in [0, 0.1) is 11.6 Å². The van der Waals surface area contributed by atoms with Crippen LogP contribution in [0.3, 0.4) is 0 Å². The van der Waals surface area contributed by atoms with E-state index in [-0.39, 0.29) is 53.6 Å². The van der Waals surface area contributed by atoms with Crippen LogP contribution in [-0.2, 0) is 9.59 Å². The van der Waals surface area contributed by atoms with Gasteiger partial charge in [-0.25, -0.2) is 13.8 Å². The maximum Gasteiger partial charge on any atom is 0.260 e. The Kier molecular flexibility index (Phi) is 7.96. The number of anilines is 2. The molecule has 0 spiro atoms. The van der Waals surface area contributed by atoms with E-state index in [1.54, 1.807) is 24.3 Å². The van der Waals surface area contributed by atoms with Crippen molar-refractivity contribution in [3.05, 3.63) is 53.6 Å². The summed E-state index contributed by atoms with van der Waals surface area (Å²) < 4.78 is 28.2. The molecule has 0 atom stereocenters. The smallest absolute Gasteiger partial charge is 0.260 e. The van der Waals surface area contributed by atoms with E-state index < -0.39 is 11.6 Å². The Morgan fingerprint density at radius 1 is 1.06 bits per heavy atom. The lowest BCUT2D eigenvalue weighted by atomic mass is 10.1. The number of nitrogens with zero attached hydrogens (tertiary/aromatic N) is 4. The van der Waals surface area contributed by atoms with E-state index in [0.29, 0.717) is 28.9 Å². The Balaban J connectivity index is 0.00000324. The molecule has 1 aliphatic heterocycles. The predicted octanol–water partition coefficient (Wildman–Crippen LogP) is 4.25. The molecular weight excluding hydrogens is 486 g/mol. The third-order valence-electron chi connectivity index (χ3n) is 5.29. The highest BCUT2D eigenvalue weighted by atomic mass is 35.5. The second-order valence-electron chi connectivity index (χ2n) is 8.01. The van der Waals surface area contributed by atoms with Gasteiger partial charge in [0.05, 0.1) is 10.4 Å². The number of aromatic nitrogens is 1. The topological polar surface area (TPSA) is 73.8 Å². The van der Waals surface area contributed by atoms with Gasteiger partial charge in [-0.2, -0.15) is 0 Å². The van der Waals surface area contributed by atoms with E-state index in [4.69, 9.17) is 0 Å². The zero-order valence-corrected chi connectivity index (χ0v) is 20.2. The number of hydrogen-bond donors (Lipinski definition) is 0. The van der Waals surface area contributed by atoms with Crippen molar-refractivity contribution < 1.29 is 23.2 Å². The third kappa shape index (κ3) is 5.24. The molecule has 3 amide bonds. The number of carbonyl (C=O) groups is 3. The summed E-state index contributed by atoms with van der Waals surface area (Å²) in [6.45, 7) is 1.04. The normalized spacial score (nSPS) is 13.6. The first-order chi connectivity index (χ1) is 15.7. The summed E-state index contributed by atoms with van der Waals surface area (Å²) in [4.78, 5) is 46.1. The first-order valence-corrected chi connectivity index (χ1v) is 11.2. The highest BCUT2D eigenvalue weighted by molar-refractivity contribution is 7.22. The predicted molar refractivity (Wildman–Crippen MR) is 130 cm³/mol. The van der Waals surface area contributed by atoms with Crippen molar-refractivity contribution in [1.82, 2.24) is 9.88 Å². The number of fused-ring (bicyclic) bond motifs is 1. The quantitative estimate of drug-likeness (QED) is 0.446. The van der Waals surface area contributed by atoms with Crippen molar-refractivity contribution in [3.8, 4) is 0 Å². The zero-order valence-electron chi connectivity index (χ0n) is 18.6. The number of hydrogen-bond acceptors (Lipinski definition) is 6. The number of benzene rings is 2. The fraction of sp³-hybridized carbons (Fsp3) is 0.304. The van der Waals surface area contributed by atoms with Gasteiger partial charge in [-0.3, -0.25) is 24.2 Å². The van der Waals surface area contributed by atoms with Crippen LogP contribution in [0.2, 0.25) is 0 Å². The van der Waals surface area contributed by atoms with E-state index >= 15 is 0 Å². The fourth-order valence-electron chi connectivity index (χ4n) is 3.66. The summed E-state index contributed by atoms with van der Waals surface area (Å²) in [6, 6.07) is 8.16. The third-order valence-corrected chi connectivity index (χ3v) is 6.31. The Hall–Kier alpha value is -2.95. The van der Waals surface area contributed by atoms with E-state index in [1.165, 1.54) is 11.0 Å². The molecule has 1 aliphatic rings. The van der Waals surface area contributed by atoms with Gasteiger partial charge in [-0.05, 0) is 57.4 Å². The van der Waals surface area contributed by atoms with Gasteiger partial charge in [0.2, 0.25) is 11.8 Å².